The molecule has 0 radical (unpaired) electrons. The Balaban J connectivity index is 2.43. The molecule has 2 rings (SSSR count). The zero-order valence-electron chi connectivity index (χ0n) is 8.53. The van der Waals surface area contributed by atoms with Gasteiger partial charge in [-0.25, -0.2) is 4.39 Å². The number of rotatable bonds is 2. The number of halogens is 1. The first kappa shape index (κ1) is 10.7. The van der Waals surface area contributed by atoms with Crippen molar-refractivity contribution in [1.82, 2.24) is 0 Å². The van der Waals surface area contributed by atoms with E-state index in [4.69, 9.17) is 14.6 Å². The van der Waals surface area contributed by atoms with E-state index in [9.17, 15) is 9.18 Å². The van der Waals surface area contributed by atoms with Crippen molar-refractivity contribution in [3.05, 3.63) is 23.5 Å². The van der Waals surface area contributed by atoms with Crippen LogP contribution in [0.15, 0.2) is 12.1 Å². The zero-order valence-corrected chi connectivity index (χ0v) is 8.53. The van der Waals surface area contributed by atoms with Crippen LogP contribution in [-0.2, 0) is 11.2 Å². The second kappa shape index (κ2) is 4.38. The second-order valence-electron chi connectivity index (χ2n) is 3.49. The van der Waals surface area contributed by atoms with Gasteiger partial charge in [-0.1, -0.05) is 6.07 Å². The van der Waals surface area contributed by atoms with Crippen molar-refractivity contribution in [2.45, 2.75) is 12.8 Å². The molecule has 0 saturated heterocycles. The minimum atomic E-state index is -0.985. The van der Waals surface area contributed by atoms with Gasteiger partial charge in [0.25, 0.3) is 0 Å². The molecular formula is C11H11FO4. The molecule has 1 N–H and O–H groups in total. The molecular weight excluding hydrogens is 215 g/mol. The molecule has 0 amide bonds. The highest BCUT2D eigenvalue weighted by atomic mass is 19.1. The molecule has 5 heteroatoms. The van der Waals surface area contributed by atoms with Gasteiger partial charge in [-0.3, -0.25) is 4.79 Å². The molecule has 86 valence electrons. The molecule has 1 aromatic carbocycles. The summed E-state index contributed by atoms with van der Waals surface area (Å²) >= 11 is 0. The summed E-state index contributed by atoms with van der Waals surface area (Å²) in [5, 5.41) is 8.72. The predicted molar refractivity (Wildman–Crippen MR) is 53.3 cm³/mol. The average Bonchev–Trinajstić information content (AvgIpc) is 2.47. The topological polar surface area (TPSA) is 55.8 Å². The maximum Gasteiger partial charge on any atom is 0.307 e. The first-order chi connectivity index (χ1) is 7.68. The number of fused-ring (bicyclic) bond motifs is 1. The van der Waals surface area contributed by atoms with Crippen LogP contribution in [0.3, 0.4) is 0 Å². The third-order valence-corrected chi connectivity index (χ3v) is 2.27. The summed E-state index contributed by atoms with van der Waals surface area (Å²) < 4.78 is 24.0. The van der Waals surface area contributed by atoms with Crippen LogP contribution >= 0.6 is 0 Å². The van der Waals surface area contributed by atoms with Gasteiger partial charge in [-0.2, -0.15) is 0 Å². The fraction of sp³-hybridized carbons (Fsp3) is 0.364. The van der Waals surface area contributed by atoms with Crippen molar-refractivity contribution in [1.29, 1.82) is 0 Å². The van der Waals surface area contributed by atoms with E-state index >= 15 is 0 Å². The fourth-order valence-corrected chi connectivity index (χ4v) is 1.58. The molecule has 0 aromatic heterocycles. The van der Waals surface area contributed by atoms with E-state index in [-0.39, 0.29) is 17.9 Å². The van der Waals surface area contributed by atoms with Crippen LogP contribution in [0.4, 0.5) is 4.39 Å². The van der Waals surface area contributed by atoms with Crippen molar-refractivity contribution < 1.29 is 23.8 Å². The molecule has 0 spiro atoms. The maximum atomic E-state index is 13.4. The lowest BCUT2D eigenvalue weighted by molar-refractivity contribution is -0.136. The molecule has 0 fully saturated rings. The number of aliphatic carboxylic acids is 1. The van der Waals surface area contributed by atoms with Gasteiger partial charge < -0.3 is 14.6 Å². The molecule has 0 bridgehead atoms. The summed E-state index contributed by atoms with van der Waals surface area (Å²) in [6.45, 7) is 0.781. The molecule has 0 saturated carbocycles. The van der Waals surface area contributed by atoms with Crippen LogP contribution < -0.4 is 9.47 Å². The molecule has 1 aromatic rings. The summed E-state index contributed by atoms with van der Waals surface area (Å²) in [7, 11) is 0. The smallest absolute Gasteiger partial charge is 0.307 e. The highest BCUT2D eigenvalue weighted by molar-refractivity contribution is 5.72. The second-order valence-corrected chi connectivity index (χ2v) is 3.49. The summed E-state index contributed by atoms with van der Waals surface area (Å²) in [5.74, 6) is -1.26. The first-order valence-electron chi connectivity index (χ1n) is 4.97. The number of carbonyl (C=O) groups is 1. The van der Waals surface area contributed by atoms with Crippen molar-refractivity contribution in [2.24, 2.45) is 0 Å². The normalized spacial score (nSPS) is 14.3. The van der Waals surface area contributed by atoms with E-state index in [1.165, 1.54) is 12.1 Å². The highest BCUT2D eigenvalue weighted by Crippen LogP contribution is 2.36. The third-order valence-electron chi connectivity index (χ3n) is 2.27. The van der Waals surface area contributed by atoms with Gasteiger partial charge in [-0.15, -0.1) is 0 Å². The molecule has 0 aliphatic carbocycles. The average molecular weight is 226 g/mol. The predicted octanol–water partition coefficient (Wildman–Crippen LogP) is 1.61. The summed E-state index contributed by atoms with van der Waals surface area (Å²) in [4.78, 5) is 10.6. The molecule has 1 aliphatic rings. The standard InChI is InChI=1S/C11H11FO4/c12-8-3-2-7(6-9(13)14)10-11(8)16-5-1-4-15-10/h2-3H,1,4-6H2,(H,13,14). The molecule has 1 heterocycles. The van der Waals surface area contributed by atoms with E-state index in [0.717, 1.165) is 0 Å². The van der Waals surface area contributed by atoms with Crippen LogP contribution in [0.25, 0.3) is 0 Å². The fourth-order valence-electron chi connectivity index (χ4n) is 1.58. The molecule has 0 atom stereocenters. The number of carboxylic acid groups (broad SMARTS) is 1. The van der Waals surface area contributed by atoms with Gasteiger partial charge in [0.2, 0.25) is 0 Å². The number of hydrogen-bond donors (Lipinski definition) is 1. The van der Waals surface area contributed by atoms with E-state index in [2.05, 4.69) is 0 Å². The Kier molecular flexibility index (Phi) is 2.94. The zero-order chi connectivity index (χ0) is 11.5. The van der Waals surface area contributed by atoms with Gasteiger partial charge in [0.1, 0.15) is 0 Å². The SMILES string of the molecule is O=C(O)Cc1ccc(F)c2c1OCCCO2. The van der Waals surface area contributed by atoms with Crippen LogP contribution in [-0.4, -0.2) is 24.3 Å². The van der Waals surface area contributed by atoms with Crippen LogP contribution in [0, 0.1) is 5.82 Å². The quantitative estimate of drug-likeness (QED) is 0.832. The molecule has 0 unspecified atom stereocenters. The lowest BCUT2D eigenvalue weighted by Crippen LogP contribution is -2.04. The Morgan fingerprint density at radius 1 is 1.31 bits per heavy atom. The third kappa shape index (κ3) is 2.08. The Morgan fingerprint density at radius 2 is 2.00 bits per heavy atom. The van der Waals surface area contributed by atoms with Gasteiger partial charge >= 0.3 is 5.97 Å². The van der Waals surface area contributed by atoms with Crippen molar-refractivity contribution >= 4 is 5.97 Å². The summed E-state index contributed by atoms with van der Waals surface area (Å²) in [5.41, 5.74) is 0.436. The van der Waals surface area contributed by atoms with Gasteiger partial charge in [-0.05, 0) is 6.07 Å². The lowest BCUT2D eigenvalue weighted by Gasteiger charge is -2.11. The summed E-state index contributed by atoms with van der Waals surface area (Å²) in [6, 6.07) is 2.61. The molecule has 1 aliphatic heterocycles. The number of ether oxygens (including phenoxy) is 2. The van der Waals surface area contributed by atoms with E-state index in [1.807, 2.05) is 0 Å². The van der Waals surface area contributed by atoms with Gasteiger partial charge in [0.05, 0.1) is 19.6 Å². The number of benzene rings is 1. The Morgan fingerprint density at radius 3 is 2.69 bits per heavy atom. The summed E-state index contributed by atoms with van der Waals surface area (Å²) in [6.07, 6.45) is 0.451. The van der Waals surface area contributed by atoms with Gasteiger partial charge in [0.15, 0.2) is 17.3 Å². The van der Waals surface area contributed by atoms with Gasteiger partial charge in [0, 0.05) is 12.0 Å². The number of carboxylic acids is 1. The van der Waals surface area contributed by atoms with Crippen LogP contribution in [0.5, 0.6) is 11.5 Å². The van der Waals surface area contributed by atoms with E-state index in [0.29, 0.717) is 25.2 Å². The number of hydrogen-bond acceptors (Lipinski definition) is 3. The largest absolute Gasteiger partial charge is 0.489 e. The molecule has 16 heavy (non-hydrogen) atoms. The van der Waals surface area contributed by atoms with Crippen molar-refractivity contribution in [2.75, 3.05) is 13.2 Å². The Hall–Kier alpha value is -1.78. The molecule has 4 nitrogen and oxygen atoms in total. The minimum Gasteiger partial charge on any atom is -0.489 e. The van der Waals surface area contributed by atoms with E-state index in [1.54, 1.807) is 0 Å². The van der Waals surface area contributed by atoms with Crippen molar-refractivity contribution in [3.8, 4) is 11.5 Å². The Bertz CT molecular complexity index is 417. The first-order valence-corrected chi connectivity index (χ1v) is 4.97. The van der Waals surface area contributed by atoms with Crippen LogP contribution in [0.2, 0.25) is 0 Å². The lowest BCUT2D eigenvalue weighted by atomic mass is 10.1. The monoisotopic (exact) mass is 226 g/mol. The maximum absolute atomic E-state index is 13.4. The van der Waals surface area contributed by atoms with Crippen LogP contribution in [0.1, 0.15) is 12.0 Å². The minimum absolute atomic E-state index is 0.0243. The Labute approximate surface area is 91.6 Å². The van der Waals surface area contributed by atoms with Crippen molar-refractivity contribution in [3.63, 3.8) is 0 Å². The van der Waals surface area contributed by atoms with E-state index < -0.39 is 11.8 Å². The highest BCUT2D eigenvalue weighted by Gasteiger charge is 2.20.